The van der Waals surface area contributed by atoms with E-state index in [0.717, 1.165) is 0 Å². The minimum absolute atomic E-state index is 0.0921. The number of fused-ring (bicyclic) bond motifs is 1. The Morgan fingerprint density at radius 2 is 2.11 bits per heavy atom. The van der Waals surface area contributed by atoms with Crippen molar-refractivity contribution in [3.63, 3.8) is 0 Å². The fraction of sp³-hybridized carbons (Fsp3) is 0.462. The van der Waals surface area contributed by atoms with Crippen LogP contribution in [0.1, 0.15) is 32.4 Å². The Bertz CT molecular complexity index is 619. The molecule has 104 valence electrons. The van der Waals surface area contributed by atoms with Crippen molar-refractivity contribution in [2.75, 3.05) is 12.8 Å². The average Bonchev–Trinajstić information content (AvgIpc) is 2.66. The van der Waals surface area contributed by atoms with Gasteiger partial charge in [-0.1, -0.05) is 32.1 Å². The van der Waals surface area contributed by atoms with Crippen LogP contribution in [0.25, 0.3) is 10.2 Å². The molecule has 0 amide bonds. The predicted molar refractivity (Wildman–Crippen MR) is 75.0 cm³/mol. The summed E-state index contributed by atoms with van der Waals surface area (Å²) < 4.78 is 20.2. The maximum atomic E-state index is 14.4. The second-order valence-electron chi connectivity index (χ2n) is 5.47. The first kappa shape index (κ1) is 14.0. The van der Waals surface area contributed by atoms with Gasteiger partial charge in [-0.15, -0.1) is 0 Å². The summed E-state index contributed by atoms with van der Waals surface area (Å²) in [4.78, 5) is 4.12. The summed E-state index contributed by atoms with van der Waals surface area (Å²) in [6, 6.07) is 1.55. The van der Waals surface area contributed by atoms with Crippen LogP contribution >= 0.6 is 11.3 Å². The Balaban J connectivity index is 2.79. The molecule has 2 rings (SSSR count). The van der Waals surface area contributed by atoms with Gasteiger partial charge in [0.1, 0.15) is 0 Å². The van der Waals surface area contributed by atoms with Crippen LogP contribution < -0.4 is 10.5 Å². The molecule has 1 aromatic carbocycles. The van der Waals surface area contributed by atoms with Gasteiger partial charge in [0, 0.05) is 11.6 Å². The van der Waals surface area contributed by atoms with Crippen LogP contribution in [0.4, 0.5) is 9.52 Å². The number of hydrogen-bond donors (Lipinski definition) is 2. The van der Waals surface area contributed by atoms with E-state index in [4.69, 9.17) is 10.5 Å². The van der Waals surface area contributed by atoms with Gasteiger partial charge >= 0.3 is 0 Å². The molecule has 2 aromatic rings. The fourth-order valence-corrected chi connectivity index (χ4v) is 2.67. The summed E-state index contributed by atoms with van der Waals surface area (Å²) in [6.45, 7) is 5.49. The van der Waals surface area contributed by atoms with Crippen LogP contribution in [0.2, 0.25) is 0 Å². The van der Waals surface area contributed by atoms with E-state index in [9.17, 15) is 9.50 Å². The normalized spacial score (nSPS) is 13.8. The van der Waals surface area contributed by atoms with Crippen molar-refractivity contribution in [3.8, 4) is 5.75 Å². The first-order valence-electron chi connectivity index (χ1n) is 5.86. The minimum atomic E-state index is -0.994. The number of nitrogens with two attached hydrogens (primary N) is 1. The zero-order valence-corrected chi connectivity index (χ0v) is 12.1. The number of nitrogens with zero attached hydrogens (tertiary/aromatic N) is 1. The minimum Gasteiger partial charge on any atom is -0.494 e. The van der Waals surface area contributed by atoms with Gasteiger partial charge in [-0.05, 0) is 5.41 Å². The molecule has 6 heteroatoms. The molecule has 0 aliphatic rings. The third-order valence-electron chi connectivity index (χ3n) is 2.95. The Morgan fingerprint density at radius 3 is 2.63 bits per heavy atom. The number of anilines is 1. The number of aliphatic hydroxyl groups excluding tert-OH is 1. The lowest BCUT2D eigenvalue weighted by atomic mass is 9.84. The van der Waals surface area contributed by atoms with Gasteiger partial charge in [-0.3, -0.25) is 0 Å². The summed E-state index contributed by atoms with van der Waals surface area (Å²) in [5.41, 5.74) is 5.71. The maximum Gasteiger partial charge on any atom is 0.181 e. The molecule has 3 N–H and O–H groups in total. The Kier molecular flexibility index (Phi) is 3.40. The molecule has 0 aliphatic carbocycles. The van der Waals surface area contributed by atoms with Crippen molar-refractivity contribution >= 4 is 26.7 Å². The zero-order chi connectivity index (χ0) is 14.4. The topological polar surface area (TPSA) is 68.4 Å². The van der Waals surface area contributed by atoms with Crippen LogP contribution in [-0.4, -0.2) is 17.2 Å². The van der Waals surface area contributed by atoms with Crippen molar-refractivity contribution in [3.05, 3.63) is 17.4 Å². The van der Waals surface area contributed by atoms with Crippen molar-refractivity contribution in [1.29, 1.82) is 0 Å². The van der Waals surface area contributed by atoms with Crippen LogP contribution in [0.3, 0.4) is 0 Å². The predicted octanol–water partition coefficient (Wildman–Crippen LogP) is 3.11. The number of halogens is 1. The summed E-state index contributed by atoms with van der Waals surface area (Å²) >= 11 is 1.24. The van der Waals surface area contributed by atoms with Gasteiger partial charge in [-0.2, -0.15) is 0 Å². The summed E-state index contributed by atoms with van der Waals surface area (Å²) in [7, 11) is 1.39. The Hall–Kier alpha value is -1.40. The third-order valence-corrected chi connectivity index (χ3v) is 3.79. The number of benzene rings is 1. The summed E-state index contributed by atoms with van der Waals surface area (Å²) in [5, 5.41) is 10.7. The molecule has 1 heterocycles. The van der Waals surface area contributed by atoms with E-state index in [-0.39, 0.29) is 11.3 Å². The van der Waals surface area contributed by atoms with Gasteiger partial charge < -0.3 is 15.6 Å². The molecule has 0 saturated carbocycles. The average molecular weight is 284 g/mol. The lowest BCUT2D eigenvalue weighted by Crippen LogP contribution is -2.19. The maximum absolute atomic E-state index is 14.4. The van der Waals surface area contributed by atoms with Gasteiger partial charge in [-0.25, -0.2) is 9.37 Å². The Labute approximate surface area is 115 Å². The Morgan fingerprint density at radius 1 is 1.47 bits per heavy atom. The first-order valence-corrected chi connectivity index (χ1v) is 6.67. The second kappa shape index (κ2) is 4.61. The van der Waals surface area contributed by atoms with E-state index in [2.05, 4.69) is 4.98 Å². The highest BCUT2D eigenvalue weighted by atomic mass is 32.1. The summed E-state index contributed by atoms with van der Waals surface area (Å²) in [6.07, 6.45) is -0.994. The SMILES string of the molecule is COc1cc2sc(N)nc2c(C(O)C(C)(C)C)c1F. The van der Waals surface area contributed by atoms with Crippen molar-refractivity contribution in [1.82, 2.24) is 4.98 Å². The van der Waals surface area contributed by atoms with E-state index in [1.54, 1.807) is 6.07 Å². The molecule has 0 saturated heterocycles. The van der Waals surface area contributed by atoms with E-state index >= 15 is 0 Å². The van der Waals surface area contributed by atoms with Gasteiger partial charge in [0.15, 0.2) is 16.7 Å². The molecule has 0 fully saturated rings. The molecule has 4 nitrogen and oxygen atoms in total. The first-order chi connectivity index (χ1) is 8.75. The molecule has 0 radical (unpaired) electrons. The zero-order valence-electron chi connectivity index (χ0n) is 11.3. The number of rotatable bonds is 2. The van der Waals surface area contributed by atoms with Gasteiger partial charge in [0.05, 0.1) is 23.4 Å². The fourth-order valence-electron chi connectivity index (χ4n) is 1.89. The number of ether oxygens (including phenoxy) is 1. The second-order valence-corrected chi connectivity index (χ2v) is 6.54. The largest absolute Gasteiger partial charge is 0.494 e. The van der Waals surface area contributed by atoms with Crippen molar-refractivity contribution in [2.24, 2.45) is 5.41 Å². The lowest BCUT2D eigenvalue weighted by Gasteiger charge is -2.27. The summed E-state index contributed by atoms with van der Waals surface area (Å²) in [5.74, 6) is -0.489. The monoisotopic (exact) mass is 284 g/mol. The highest BCUT2D eigenvalue weighted by Crippen LogP contribution is 2.42. The van der Waals surface area contributed by atoms with Crippen LogP contribution in [0.15, 0.2) is 6.07 Å². The highest BCUT2D eigenvalue weighted by molar-refractivity contribution is 7.22. The standard InChI is InChI=1S/C13H17FN2O2S/c1-13(2,3)11(17)8-9(14)6(18-4)5-7-10(8)16-12(15)19-7/h5,11,17H,1-4H3,(H2,15,16). The van der Waals surface area contributed by atoms with Crippen molar-refractivity contribution in [2.45, 2.75) is 26.9 Å². The molecular formula is C13H17FN2O2S. The van der Waals surface area contributed by atoms with Crippen LogP contribution in [0, 0.1) is 11.2 Å². The molecular weight excluding hydrogens is 267 g/mol. The molecule has 1 atom stereocenters. The number of thiazole rings is 1. The lowest BCUT2D eigenvalue weighted by molar-refractivity contribution is 0.0603. The smallest absolute Gasteiger partial charge is 0.181 e. The van der Waals surface area contributed by atoms with E-state index in [1.807, 2.05) is 20.8 Å². The molecule has 0 bridgehead atoms. The quantitative estimate of drug-likeness (QED) is 0.889. The molecule has 0 spiro atoms. The van der Waals surface area contributed by atoms with Crippen molar-refractivity contribution < 1.29 is 14.2 Å². The van der Waals surface area contributed by atoms with E-state index in [0.29, 0.717) is 15.3 Å². The molecule has 19 heavy (non-hydrogen) atoms. The molecule has 1 aromatic heterocycles. The number of methoxy groups -OCH3 is 1. The molecule has 1 unspecified atom stereocenters. The number of aliphatic hydroxyl groups is 1. The molecule has 0 aliphatic heterocycles. The van der Waals surface area contributed by atoms with Gasteiger partial charge in [0.25, 0.3) is 0 Å². The number of hydrogen-bond acceptors (Lipinski definition) is 5. The van der Waals surface area contributed by atoms with E-state index in [1.165, 1.54) is 18.4 Å². The van der Waals surface area contributed by atoms with Crippen LogP contribution in [0.5, 0.6) is 5.75 Å². The number of nitrogen functional groups attached to an aromatic ring is 1. The number of aromatic nitrogens is 1. The third kappa shape index (κ3) is 2.37. The van der Waals surface area contributed by atoms with E-state index < -0.39 is 17.3 Å². The van der Waals surface area contributed by atoms with Crippen LogP contribution in [-0.2, 0) is 0 Å². The highest BCUT2D eigenvalue weighted by Gasteiger charge is 2.31. The van der Waals surface area contributed by atoms with Gasteiger partial charge in [0.2, 0.25) is 0 Å².